The fourth-order valence-corrected chi connectivity index (χ4v) is 9.40. The molecule has 0 saturated carbocycles. The lowest BCUT2D eigenvalue weighted by Crippen LogP contribution is -2.36. The van der Waals surface area contributed by atoms with Gasteiger partial charge >= 0.3 is 11.9 Å². The van der Waals surface area contributed by atoms with Gasteiger partial charge in [-0.05, 0) is 26.9 Å². The van der Waals surface area contributed by atoms with Crippen molar-refractivity contribution in [3.8, 4) is 0 Å². The number of carboxylic acids is 2. The van der Waals surface area contributed by atoms with Crippen molar-refractivity contribution in [3.63, 3.8) is 0 Å². The van der Waals surface area contributed by atoms with Crippen LogP contribution < -0.4 is 0 Å². The van der Waals surface area contributed by atoms with Crippen LogP contribution in [0.15, 0.2) is 0 Å². The Morgan fingerprint density at radius 1 is 0.735 bits per heavy atom. The molecule has 0 fully saturated rings. The highest BCUT2D eigenvalue weighted by atomic mass is 33.1. The molecule has 1 atom stereocenters. The van der Waals surface area contributed by atoms with Gasteiger partial charge in [0.25, 0.3) is 0 Å². The van der Waals surface area contributed by atoms with Crippen LogP contribution in [-0.4, -0.2) is 69.2 Å². The molecular formula is C25H49NO4S4. The minimum Gasteiger partial charge on any atom is -0.481 e. The van der Waals surface area contributed by atoms with Gasteiger partial charge in [0.1, 0.15) is 10.5 Å². The topological polar surface area (TPSA) is 77.8 Å². The Kier molecular flexibility index (Phi) is 22.7. The number of nitrogens with zero attached hydrogens (tertiary/aromatic N) is 1. The summed E-state index contributed by atoms with van der Waals surface area (Å²) in [5.41, 5.74) is 0. The van der Waals surface area contributed by atoms with E-state index in [-0.39, 0.29) is 11.8 Å². The third kappa shape index (κ3) is 17.7. The minimum absolute atomic E-state index is 0.103. The van der Waals surface area contributed by atoms with Gasteiger partial charge in [-0.3, -0.25) is 9.59 Å². The fraction of sp³-hybridized carbons (Fsp3) is 0.920. The van der Waals surface area contributed by atoms with Crippen molar-refractivity contribution < 1.29 is 19.8 Å². The molecule has 0 aromatic heterocycles. The molecule has 0 amide bonds. The van der Waals surface area contributed by atoms with Gasteiger partial charge in [0, 0.05) is 17.5 Å². The van der Waals surface area contributed by atoms with Gasteiger partial charge in [-0.25, -0.2) is 0 Å². The highest BCUT2D eigenvalue weighted by molar-refractivity contribution is 8.77. The Morgan fingerprint density at radius 2 is 1.21 bits per heavy atom. The summed E-state index contributed by atoms with van der Waals surface area (Å²) in [5, 5.41) is 19.1. The molecule has 5 nitrogen and oxygen atoms in total. The number of rotatable bonds is 25. The maximum absolute atomic E-state index is 12.5. The van der Waals surface area contributed by atoms with Crippen LogP contribution in [0.1, 0.15) is 104 Å². The second-order valence-electron chi connectivity index (χ2n) is 9.26. The fourth-order valence-electron chi connectivity index (χ4n) is 3.63. The van der Waals surface area contributed by atoms with Gasteiger partial charge in [0.05, 0.1) is 0 Å². The number of hydrogen-bond donors (Lipinski definition) is 2. The summed E-state index contributed by atoms with van der Waals surface area (Å²) in [6, 6.07) is 0.276. The van der Waals surface area contributed by atoms with E-state index in [0.717, 1.165) is 50.0 Å². The van der Waals surface area contributed by atoms with Crippen LogP contribution in [-0.2, 0) is 9.59 Å². The summed E-state index contributed by atoms with van der Waals surface area (Å²) in [6.45, 7) is 4.43. The van der Waals surface area contributed by atoms with Crippen LogP contribution in [0.25, 0.3) is 0 Å². The normalized spacial score (nSPS) is 12.9. The molecule has 0 saturated heterocycles. The average Bonchev–Trinajstić information content (AvgIpc) is 2.78. The minimum atomic E-state index is -0.792. The zero-order valence-corrected chi connectivity index (χ0v) is 25.2. The van der Waals surface area contributed by atoms with Crippen molar-refractivity contribution in [1.29, 1.82) is 0 Å². The van der Waals surface area contributed by atoms with E-state index in [9.17, 15) is 14.7 Å². The first-order valence-electron chi connectivity index (χ1n) is 13.0. The Hall–Kier alpha value is 0.300. The summed E-state index contributed by atoms with van der Waals surface area (Å²) >= 11 is 0. The Morgan fingerprint density at radius 3 is 1.65 bits per heavy atom. The number of unbranched alkanes of at least 4 members (excludes halogenated alkanes) is 10. The SMILES string of the molecule is CCCCCCCCC(CCCCCCCC)(SSCC(CSSCC(=O)O)N(C)C)C(=O)O. The van der Waals surface area contributed by atoms with E-state index in [0.29, 0.717) is 0 Å². The summed E-state index contributed by atoms with van der Waals surface area (Å²) in [4.78, 5) is 25.4. The second-order valence-corrected chi connectivity index (χ2v) is 14.5. The van der Waals surface area contributed by atoms with E-state index >= 15 is 0 Å². The molecule has 0 aromatic carbocycles. The summed E-state index contributed by atoms with van der Waals surface area (Å²) in [7, 11) is 10.3. The van der Waals surface area contributed by atoms with Crippen molar-refractivity contribution in [2.24, 2.45) is 0 Å². The molecule has 0 heterocycles. The van der Waals surface area contributed by atoms with Crippen LogP contribution >= 0.6 is 43.2 Å². The number of aliphatic carboxylic acids is 2. The van der Waals surface area contributed by atoms with Crippen molar-refractivity contribution in [2.45, 2.75) is 115 Å². The largest absolute Gasteiger partial charge is 0.481 e. The van der Waals surface area contributed by atoms with E-state index in [1.165, 1.54) is 62.2 Å². The molecule has 9 heteroatoms. The summed E-state index contributed by atoms with van der Waals surface area (Å²) < 4.78 is -0.706. The quantitative estimate of drug-likeness (QED) is 0.0858. The summed E-state index contributed by atoms with van der Waals surface area (Å²) in [6.07, 6.45) is 15.6. The third-order valence-corrected chi connectivity index (χ3v) is 11.6. The van der Waals surface area contributed by atoms with Gasteiger partial charge in [-0.2, -0.15) is 0 Å². The molecule has 1 unspecified atom stereocenters. The van der Waals surface area contributed by atoms with E-state index in [2.05, 4.69) is 18.7 Å². The van der Waals surface area contributed by atoms with E-state index in [1.807, 2.05) is 14.1 Å². The first-order valence-corrected chi connectivity index (χ1v) is 17.8. The lowest BCUT2D eigenvalue weighted by atomic mass is 9.93. The highest BCUT2D eigenvalue weighted by Gasteiger charge is 2.38. The van der Waals surface area contributed by atoms with Gasteiger partial charge in [-0.15, -0.1) is 0 Å². The van der Waals surface area contributed by atoms with Gasteiger partial charge in [0.2, 0.25) is 0 Å². The van der Waals surface area contributed by atoms with Crippen LogP contribution in [0.4, 0.5) is 0 Å². The van der Waals surface area contributed by atoms with E-state index in [4.69, 9.17) is 5.11 Å². The maximum Gasteiger partial charge on any atom is 0.320 e. The van der Waals surface area contributed by atoms with Crippen LogP contribution in [0.5, 0.6) is 0 Å². The average molecular weight is 556 g/mol. The maximum atomic E-state index is 12.5. The second kappa shape index (κ2) is 22.5. The van der Waals surface area contributed by atoms with Crippen molar-refractivity contribution in [1.82, 2.24) is 4.90 Å². The van der Waals surface area contributed by atoms with E-state index < -0.39 is 16.7 Å². The number of hydrogen-bond acceptors (Lipinski definition) is 7. The zero-order valence-electron chi connectivity index (χ0n) is 21.9. The third-order valence-electron chi connectivity index (χ3n) is 5.99. The zero-order chi connectivity index (χ0) is 25.7. The smallest absolute Gasteiger partial charge is 0.320 e. The van der Waals surface area contributed by atoms with Gasteiger partial charge < -0.3 is 15.1 Å². The van der Waals surface area contributed by atoms with E-state index in [1.54, 1.807) is 32.4 Å². The standard InChI is InChI=1S/C25H49NO4S4/c1-5-7-9-11-13-15-17-25(24(29)30,18-16-14-12-10-8-6-2)34-33-20-22(26(3)4)19-31-32-21-23(27)28/h22H,5-21H2,1-4H3,(H,27,28)(H,29,30). The van der Waals surface area contributed by atoms with Crippen molar-refractivity contribution in [3.05, 3.63) is 0 Å². The molecular weight excluding hydrogens is 507 g/mol. The van der Waals surface area contributed by atoms with Crippen LogP contribution in [0, 0.1) is 0 Å². The molecule has 0 bridgehead atoms. The predicted octanol–water partition coefficient (Wildman–Crippen LogP) is 8.09. The first kappa shape index (κ1) is 34.3. The first-order chi connectivity index (χ1) is 16.3. The van der Waals surface area contributed by atoms with Crippen LogP contribution in [0.3, 0.4) is 0 Å². The molecule has 0 spiro atoms. The number of carboxylic acid groups (broad SMARTS) is 2. The molecule has 0 aliphatic heterocycles. The van der Waals surface area contributed by atoms with Gasteiger partial charge in [0.15, 0.2) is 0 Å². The molecule has 0 radical (unpaired) electrons. The molecule has 0 aromatic rings. The van der Waals surface area contributed by atoms with Gasteiger partial charge in [-0.1, -0.05) is 134 Å². The molecule has 202 valence electrons. The number of carbonyl (C=O) groups is 2. The summed E-state index contributed by atoms with van der Waals surface area (Å²) in [5.74, 6) is 0.318. The molecule has 2 N–H and O–H groups in total. The lowest BCUT2D eigenvalue weighted by molar-refractivity contribution is -0.140. The Balaban J connectivity index is 4.86. The van der Waals surface area contributed by atoms with Crippen LogP contribution in [0.2, 0.25) is 0 Å². The molecule has 0 aliphatic rings. The van der Waals surface area contributed by atoms with Crippen molar-refractivity contribution >= 4 is 55.1 Å². The molecule has 34 heavy (non-hydrogen) atoms. The Bertz CT molecular complexity index is 507. The molecule has 0 rings (SSSR count). The monoisotopic (exact) mass is 555 g/mol. The highest BCUT2D eigenvalue weighted by Crippen LogP contribution is 2.44. The lowest BCUT2D eigenvalue weighted by Gasteiger charge is -2.30. The predicted molar refractivity (Wildman–Crippen MR) is 156 cm³/mol. The van der Waals surface area contributed by atoms with Crippen molar-refractivity contribution in [2.75, 3.05) is 31.4 Å². The molecule has 0 aliphatic carbocycles. The Labute approximate surface area is 224 Å².